The number of thiophene rings is 1. The summed E-state index contributed by atoms with van der Waals surface area (Å²) in [6.07, 6.45) is 2.03. The van der Waals surface area contributed by atoms with Gasteiger partial charge in [-0.05, 0) is 24.3 Å². The molecule has 0 amide bonds. The van der Waals surface area contributed by atoms with Gasteiger partial charge in [0.1, 0.15) is 0 Å². The van der Waals surface area contributed by atoms with Crippen molar-refractivity contribution >= 4 is 53.4 Å². The maximum Gasteiger partial charge on any atom is 0.164 e. The van der Waals surface area contributed by atoms with E-state index in [9.17, 15) is 0 Å². The summed E-state index contributed by atoms with van der Waals surface area (Å²) in [5.74, 6) is 1.93. The number of benzene rings is 5. The van der Waals surface area contributed by atoms with Crippen molar-refractivity contribution in [2.24, 2.45) is 0 Å². The SMILES string of the molecule is c1ccc(-c2nc(-c3ccccc3)nc(-c3cccc(-n4c5c6ccccc6ncc5c5sc6ccccc6c54)c3)n2)cc1. The summed E-state index contributed by atoms with van der Waals surface area (Å²) < 4.78 is 4.90. The standard InChI is InChI=1S/C38H23N5S/c1-3-12-24(13-4-1)36-40-37(25-14-5-2-6-15-25)42-38(41-36)26-16-11-17-27(22-26)43-33-28-18-7-9-20-31(28)39-23-30(33)35-34(43)29-19-8-10-21-32(29)44-35/h1-23H. The van der Waals surface area contributed by atoms with E-state index in [2.05, 4.69) is 71.3 Å². The molecule has 44 heavy (non-hydrogen) atoms. The Hall–Kier alpha value is -5.72. The molecule has 0 saturated carbocycles. The van der Waals surface area contributed by atoms with Crippen LogP contribution in [0, 0.1) is 0 Å². The van der Waals surface area contributed by atoms with E-state index in [0.717, 1.165) is 44.2 Å². The third kappa shape index (κ3) is 3.92. The quantitative estimate of drug-likeness (QED) is 0.208. The first-order valence-corrected chi connectivity index (χ1v) is 15.3. The molecule has 0 radical (unpaired) electrons. The summed E-state index contributed by atoms with van der Waals surface area (Å²) in [4.78, 5) is 19.7. The van der Waals surface area contributed by atoms with Crippen LogP contribution in [-0.4, -0.2) is 24.5 Å². The Kier molecular flexibility index (Phi) is 5.61. The first-order chi connectivity index (χ1) is 21.8. The molecule has 5 aromatic carbocycles. The Balaban J connectivity index is 1.32. The lowest BCUT2D eigenvalue weighted by Crippen LogP contribution is -2.01. The molecule has 0 atom stereocenters. The highest BCUT2D eigenvalue weighted by Crippen LogP contribution is 2.44. The Labute approximate surface area is 256 Å². The van der Waals surface area contributed by atoms with Crippen LogP contribution in [0.25, 0.3) is 82.0 Å². The van der Waals surface area contributed by atoms with Crippen molar-refractivity contribution in [1.82, 2.24) is 24.5 Å². The number of nitrogens with zero attached hydrogens (tertiary/aromatic N) is 5. The average molecular weight is 582 g/mol. The van der Waals surface area contributed by atoms with Crippen molar-refractivity contribution in [1.29, 1.82) is 0 Å². The number of para-hydroxylation sites is 1. The van der Waals surface area contributed by atoms with E-state index < -0.39 is 0 Å². The van der Waals surface area contributed by atoms with E-state index in [1.165, 1.54) is 20.3 Å². The lowest BCUT2D eigenvalue weighted by molar-refractivity contribution is 1.07. The smallest absolute Gasteiger partial charge is 0.164 e. The minimum absolute atomic E-state index is 0.633. The first kappa shape index (κ1) is 24.8. The van der Waals surface area contributed by atoms with Gasteiger partial charge in [0.25, 0.3) is 0 Å². The number of hydrogen-bond acceptors (Lipinski definition) is 5. The third-order valence-electron chi connectivity index (χ3n) is 8.07. The van der Waals surface area contributed by atoms with Gasteiger partial charge in [0.15, 0.2) is 17.5 Å². The molecule has 6 heteroatoms. The van der Waals surface area contributed by atoms with Gasteiger partial charge >= 0.3 is 0 Å². The molecule has 0 spiro atoms. The molecule has 5 nitrogen and oxygen atoms in total. The van der Waals surface area contributed by atoms with Gasteiger partial charge in [-0.25, -0.2) is 15.0 Å². The van der Waals surface area contributed by atoms with Crippen molar-refractivity contribution in [3.63, 3.8) is 0 Å². The van der Waals surface area contributed by atoms with Crippen LogP contribution in [0.1, 0.15) is 0 Å². The zero-order valence-corrected chi connectivity index (χ0v) is 24.2. The fourth-order valence-electron chi connectivity index (χ4n) is 6.06. The maximum atomic E-state index is 5.00. The monoisotopic (exact) mass is 581 g/mol. The van der Waals surface area contributed by atoms with Crippen LogP contribution in [0.15, 0.2) is 140 Å². The summed E-state index contributed by atoms with van der Waals surface area (Å²) in [7, 11) is 0. The lowest BCUT2D eigenvalue weighted by atomic mass is 10.1. The number of pyridine rings is 1. The molecular weight excluding hydrogens is 559 g/mol. The van der Waals surface area contributed by atoms with E-state index in [-0.39, 0.29) is 0 Å². The average Bonchev–Trinajstić information content (AvgIpc) is 3.64. The molecule has 9 rings (SSSR count). The minimum Gasteiger partial charge on any atom is -0.307 e. The van der Waals surface area contributed by atoms with E-state index in [4.69, 9.17) is 19.9 Å². The second-order valence-corrected chi connectivity index (χ2v) is 11.8. The van der Waals surface area contributed by atoms with Gasteiger partial charge < -0.3 is 4.57 Å². The van der Waals surface area contributed by atoms with Crippen LogP contribution in [0.3, 0.4) is 0 Å². The molecule has 0 aliphatic rings. The van der Waals surface area contributed by atoms with Crippen LogP contribution in [0.5, 0.6) is 0 Å². The third-order valence-corrected chi connectivity index (χ3v) is 9.26. The molecule has 0 unspecified atom stereocenters. The number of aromatic nitrogens is 5. The van der Waals surface area contributed by atoms with Crippen molar-refractivity contribution in [3.8, 4) is 39.9 Å². The van der Waals surface area contributed by atoms with E-state index in [0.29, 0.717) is 17.5 Å². The van der Waals surface area contributed by atoms with E-state index >= 15 is 0 Å². The first-order valence-electron chi connectivity index (χ1n) is 14.5. The summed E-state index contributed by atoms with van der Waals surface area (Å²) in [5, 5.41) is 3.51. The number of hydrogen-bond donors (Lipinski definition) is 0. The minimum atomic E-state index is 0.633. The molecule has 0 bridgehead atoms. The van der Waals surface area contributed by atoms with Crippen molar-refractivity contribution in [2.75, 3.05) is 0 Å². The van der Waals surface area contributed by atoms with Gasteiger partial charge in [0.05, 0.1) is 21.3 Å². The van der Waals surface area contributed by atoms with Gasteiger partial charge in [-0.2, -0.15) is 0 Å². The molecule has 9 aromatic rings. The predicted octanol–water partition coefficient (Wildman–Crippen LogP) is 9.73. The highest BCUT2D eigenvalue weighted by molar-refractivity contribution is 7.26. The van der Waals surface area contributed by atoms with Gasteiger partial charge in [-0.3, -0.25) is 4.98 Å². The fourth-order valence-corrected chi connectivity index (χ4v) is 7.26. The lowest BCUT2D eigenvalue weighted by Gasteiger charge is -2.12. The second kappa shape index (κ2) is 9.93. The van der Waals surface area contributed by atoms with Gasteiger partial charge in [-0.1, -0.05) is 109 Å². The van der Waals surface area contributed by atoms with Crippen molar-refractivity contribution in [2.45, 2.75) is 0 Å². The number of rotatable bonds is 4. The fraction of sp³-hybridized carbons (Fsp3) is 0. The summed E-state index contributed by atoms with van der Waals surface area (Å²) in [6.45, 7) is 0. The molecule has 0 aliphatic carbocycles. The molecule has 4 aromatic heterocycles. The summed E-state index contributed by atoms with van der Waals surface area (Å²) in [6, 6.07) is 45.7. The second-order valence-electron chi connectivity index (χ2n) is 10.7. The Morgan fingerprint density at radius 1 is 0.477 bits per heavy atom. The zero-order chi connectivity index (χ0) is 29.0. The van der Waals surface area contributed by atoms with Crippen LogP contribution in [0.4, 0.5) is 0 Å². The normalized spacial score (nSPS) is 11.6. The topological polar surface area (TPSA) is 56.5 Å². The van der Waals surface area contributed by atoms with Crippen molar-refractivity contribution in [3.05, 3.63) is 140 Å². The van der Waals surface area contributed by atoms with Crippen LogP contribution < -0.4 is 0 Å². The molecular formula is C38H23N5S. The predicted molar refractivity (Wildman–Crippen MR) is 181 cm³/mol. The summed E-state index contributed by atoms with van der Waals surface area (Å²) >= 11 is 1.82. The summed E-state index contributed by atoms with van der Waals surface area (Å²) in [5.41, 5.74) is 7.20. The number of fused-ring (bicyclic) bond motifs is 7. The van der Waals surface area contributed by atoms with E-state index in [1.54, 1.807) is 0 Å². The van der Waals surface area contributed by atoms with Crippen molar-refractivity contribution < 1.29 is 0 Å². The highest BCUT2D eigenvalue weighted by atomic mass is 32.1. The van der Waals surface area contributed by atoms with Crippen LogP contribution in [0.2, 0.25) is 0 Å². The molecule has 206 valence electrons. The van der Waals surface area contributed by atoms with Gasteiger partial charge in [0, 0.05) is 49.4 Å². The Morgan fingerprint density at radius 2 is 1.07 bits per heavy atom. The van der Waals surface area contributed by atoms with Gasteiger partial charge in [-0.15, -0.1) is 11.3 Å². The van der Waals surface area contributed by atoms with Crippen LogP contribution in [-0.2, 0) is 0 Å². The molecule has 4 heterocycles. The van der Waals surface area contributed by atoms with Gasteiger partial charge in [0.2, 0.25) is 0 Å². The zero-order valence-electron chi connectivity index (χ0n) is 23.4. The molecule has 0 saturated heterocycles. The highest BCUT2D eigenvalue weighted by Gasteiger charge is 2.21. The maximum absolute atomic E-state index is 5.00. The van der Waals surface area contributed by atoms with E-state index in [1.807, 2.05) is 84.3 Å². The van der Waals surface area contributed by atoms with Crippen LogP contribution >= 0.6 is 11.3 Å². The molecule has 0 N–H and O–H groups in total. The largest absolute Gasteiger partial charge is 0.307 e. The molecule has 0 fully saturated rings. The Bertz CT molecular complexity index is 2430. The molecule has 0 aliphatic heterocycles. The Morgan fingerprint density at radius 3 is 1.80 bits per heavy atom.